The molecule has 5 nitrogen and oxygen atoms in total. The molecule has 0 aliphatic carbocycles. The van der Waals surface area contributed by atoms with Crippen LogP contribution >= 0.6 is 35.0 Å². The molecule has 3 rings (SSSR count). The van der Waals surface area contributed by atoms with Crippen molar-refractivity contribution < 1.29 is 9.72 Å². The Morgan fingerprint density at radius 1 is 1.23 bits per heavy atom. The molecular weight excluding hydrogens is 347 g/mol. The van der Waals surface area contributed by atoms with Crippen molar-refractivity contribution in [1.29, 1.82) is 0 Å². The van der Waals surface area contributed by atoms with Gasteiger partial charge in [0.1, 0.15) is 0 Å². The van der Waals surface area contributed by atoms with Gasteiger partial charge in [-0.25, -0.2) is 0 Å². The molecule has 0 spiro atoms. The lowest BCUT2D eigenvalue weighted by atomic mass is 10.2. The number of nitro benzene ring substituents is 1. The molecule has 1 aliphatic heterocycles. The van der Waals surface area contributed by atoms with Gasteiger partial charge in [-0.15, -0.1) is 0 Å². The summed E-state index contributed by atoms with van der Waals surface area (Å²) in [6.07, 6.45) is 0. The standard InChI is InChI=1S/C14H8Cl2N2O3S/c1-7(19)17-10-4-2-8(18(20)21)6-12(10)22-11-5-3-9(15)13(16)14(11)17/h2-6H,1H3. The Bertz CT molecular complexity index is 826. The number of hydrogen-bond acceptors (Lipinski definition) is 4. The van der Waals surface area contributed by atoms with Crippen LogP contribution in [0.3, 0.4) is 0 Å². The average molecular weight is 355 g/mol. The van der Waals surface area contributed by atoms with E-state index in [2.05, 4.69) is 0 Å². The minimum Gasteiger partial charge on any atom is -0.277 e. The fourth-order valence-electron chi connectivity index (χ4n) is 2.26. The zero-order valence-corrected chi connectivity index (χ0v) is 13.5. The first-order chi connectivity index (χ1) is 10.4. The zero-order valence-electron chi connectivity index (χ0n) is 11.2. The van der Waals surface area contributed by atoms with Crippen LogP contribution in [0.25, 0.3) is 0 Å². The number of carbonyl (C=O) groups is 1. The molecule has 2 aromatic rings. The van der Waals surface area contributed by atoms with Crippen molar-refractivity contribution in [3.8, 4) is 0 Å². The minimum atomic E-state index is -0.469. The van der Waals surface area contributed by atoms with Crippen LogP contribution in [0.5, 0.6) is 0 Å². The first kappa shape index (κ1) is 15.1. The lowest BCUT2D eigenvalue weighted by molar-refractivity contribution is -0.385. The van der Waals surface area contributed by atoms with Gasteiger partial charge in [-0.3, -0.25) is 19.8 Å². The molecule has 0 radical (unpaired) electrons. The monoisotopic (exact) mass is 354 g/mol. The van der Waals surface area contributed by atoms with E-state index in [1.165, 1.54) is 35.7 Å². The average Bonchev–Trinajstić information content (AvgIpc) is 2.48. The van der Waals surface area contributed by atoms with Crippen LogP contribution in [-0.4, -0.2) is 10.8 Å². The number of amides is 1. The number of hydrogen-bond donors (Lipinski definition) is 0. The molecule has 8 heteroatoms. The Kier molecular flexibility index (Phi) is 3.76. The second kappa shape index (κ2) is 5.46. The number of carbonyl (C=O) groups excluding carboxylic acids is 1. The summed E-state index contributed by atoms with van der Waals surface area (Å²) in [5.41, 5.74) is 1.03. The molecule has 1 heterocycles. The van der Waals surface area contributed by atoms with Gasteiger partial charge < -0.3 is 0 Å². The van der Waals surface area contributed by atoms with E-state index in [4.69, 9.17) is 23.2 Å². The normalized spacial score (nSPS) is 12.6. The van der Waals surface area contributed by atoms with Crippen molar-refractivity contribution in [2.24, 2.45) is 0 Å². The van der Waals surface area contributed by atoms with Crippen LogP contribution in [0.1, 0.15) is 6.92 Å². The number of nitrogens with zero attached hydrogens (tertiary/aromatic N) is 2. The van der Waals surface area contributed by atoms with Crippen LogP contribution in [-0.2, 0) is 4.79 Å². The minimum absolute atomic E-state index is 0.0294. The van der Waals surface area contributed by atoms with Gasteiger partial charge in [-0.2, -0.15) is 0 Å². The molecule has 0 N–H and O–H groups in total. The second-order valence-electron chi connectivity index (χ2n) is 4.57. The number of benzene rings is 2. The van der Waals surface area contributed by atoms with Crippen molar-refractivity contribution in [3.63, 3.8) is 0 Å². The molecule has 1 aliphatic rings. The van der Waals surface area contributed by atoms with Gasteiger partial charge in [0.15, 0.2) is 0 Å². The summed E-state index contributed by atoms with van der Waals surface area (Å²) in [6, 6.07) is 7.73. The topological polar surface area (TPSA) is 63.5 Å². The number of fused-ring (bicyclic) bond motifs is 2. The van der Waals surface area contributed by atoms with Crippen molar-refractivity contribution in [3.05, 3.63) is 50.5 Å². The van der Waals surface area contributed by atoms with Gasteiger partial charge in [0.2, 0.25) is 5.91 Å². The first-order valence-corrected chi connectivity index (χ1v) is 7.72. The molecular formula is C14H8Cl2N2O3S. The molecule has 22 heavy (non-hydrogen) atoms. The van der Waals surface area contributed by atoms with E-state index in [0.29, 0.717) is 21.3 Å². The van der Waals surface area contributed by atoms with E-state index in [9.17, 15) is 14.9 Å². The maximum Gasteiger partial charge on any atom is 0.270 e. The van der Waals surface area contributed by atoms with Crippen LogP contribution < -0.4 is 4.90 Å². The lowest BCUT2D eigenvalue weighted by Gasteiger charge is -2.31. The third-order valence-electron chi connectivity index (χ3n) is 3.19. The molecule has 0 atom stereocenters. The van der Waals surface area contributed by atoms with Crippen molar-refractivity contribution >= 4 is 57.9 Å². The summed E-state index contributed by atoms with van der Waals surface area (Å²) < 4.78 is 0. The van der Waals surface area contributed by atoms with Crippen molar-refractivity contribution in [2.45, 2.75) is 16.7 Å². The van der Waals surface area contributed by atoms with Gasteiger partial charge in [0, 0.05) is 28.8 Å². The number of non-ortho nitro benzene ring substituents is 1. The Labute approximate surface area is 140 Å². The zero-order chi connectivity index (χ0) is 16.0. The molecule has 0 aromatic heterocycles. The van der Waals surface area contributed by atoms with Gasteiger partial charge in [0.05, 0.1) is 26.3 Å². The summed E-state index contributed by atoms with van der Waals surface area (Å²) in [7, 11) is 0. The highest BCUT2D eigenvalue weighted by Crippen LogP contribution is 2.53. The highest BCUT2D eigenvalue weighted by atomic mass is 35.5. The molecule has 0 saturated carbocycles. The smallest absolute Gasteiger partial charge is 0.270 e. The third-order valence-corrected chi connectivity index (χ3v) is 5.08. The molecule has 0 bridgehead atoms. The van der Waals surface area contributed by atoms with E-state index >= 15 is 0 Å². The first-order valence-electron chi connectivity index (χ1n) is 6.15. The maximum absolute atomic E-state index is 12.1. The van der Waals surface area contributed by atoms with Gasteiger partial charge in [-0.05, 0) is 18.2 Å². The Hall–Kier alpha value is -1.76. The Balaban J connectivity index is 2.25. The van der Waals surface area contributed by atoms with Gasteiger partial charge >= 0.3 is 0 Å². The van der Waals surface area contributed by atoms with Crippen LogP contribution in [0.4, 0.5) is 17.1 Å². The quantitative estimate of drug-likeness (QED) is 0.530. The lowest BCUT2D eigenvalue weighted by Crippen LogP contribution is -2.26. The molecule has 0 fully saturated rings. The molecule has 112 valence electrons. The number of anilines is 2. The highest BCUT2D eigenvalue weighted by molar-refractivity contribution is 7.99. The predicted octanol–water partition coefficient (Wildman–Crippen LogP) is 5.05. The predicted molar refractivity (Wildman–Crippen MR) is 86.5 cm³/mol. The fraction of sp³-hybridized carbons (Fsp3) is 0.0714. The van der Waals surface area contributed by atoms with Gasteiger partial charge in [-0.1, -0.05) is 35.0 Å². The van der Waals surface area contributed by atoms with Crippen LogP contribution in [0.15, 0.2) is 40.1 Å². The Morgan fingerprint density at radius 3 is 2.59 bits per heavy atom. The molecule has 2 aromatic carbocycles. The van der Waals surface area contributed by atoms with E-state index in [1.807, 2.05) is 0 Å². The van der Waals surface area contributed by atoms with E-state index < -0.39 is 4.92 Å². The summed E-state index contributed by atoms with van der Waals surface area (Å²) in [4.78, 5) is 25.3. The highest BCUT2D eigenvalue weighted by Gasteiger charge is 2.30. The summed E-state index contributed by atoms with van der Waals surface area (Å²) in [5, 5.41) is 11.6. The fourth-order valence-corrected chi connectivity index (χ4v) is 3.83. The molecule has 0 saturated heterocycles. The summed E-state index contributed by atoms with van der Waals surface area (Å²) in [5.74, 6) is -0.249. The number of nitro groups is 1. The van der Waals surface area contributed by atoms with E-state index in [1.54, 1.807) is 18.2 Å². The maximum atomic E-state index is 12.1. The van der Waals surface area contributed by atoms with Gasteiger partial charge in [0.25, 0.3) is 5.69 Å². The summed E-state index contributed by atoms with van der Waals surface area (Å²) >= 11 is 13.6. The SMILES string of the molecule is CC(=O)N1c2ccc([N+](=O)[O-])cc2Sc2ccc(Cl)c(Cl)c21. The second-order valence-corrected chi connectivity index (χ2v) is 6.44. The summed E-state index contributed by atoms with van der Waals surface area (Å²) in [6.45, 7) is 1.40. The largest absolute Gasteiger partial charge is 0.277 e. The number of halogens is 2. The van der Waals surface area contributed by atoms with Crippen LogP contribution in [0.2, 0.25) is 10.0 Å². The van der Waals surface area contributed by atoms with Crippen LogP contribution in [0, 0.1) is 10.1 Å². The Morgan fingerprint density at radius 2 is 1.95 bits per heavy atom. The van der Waals surface area contributed by atoms with E-state index in [0.717, 1.165) is 4.90 Å². The van der Waals surface area contributed by atoms with Crippen molar-refractivity contribution in [1.82, 2.24) is 0 Å². The number of rotatable bonds is 1. The molecule has 0 unspecified atom stereocenters. The third kappa shape index (κ3) is 2.33. The van der Waals surface area contributed by atoms with E-state index in [-0.39, 0.29) is 16.6 Å². The molecule has 1 amide bonds. The van der Waals surface area contributed by atoms with Crippen molar-refractivity contribution in [2.75, 3.05) is 4.90 Å².